The predicted molar refractivity (Wildman–Crippen MR) is 58.7 cm³/mol. The van der Waals surface area contributed by atoms with Gasteiger partial charge in [-0.25, -0.2) is 9.18 Å². The average molecular weight is 240 g/mol. The molecule has 0 spiro atoms. The summed E-state index contributed by atoms with van der Waals surface area (Å²) in [5.41, 5.74) is 0.0594. The van der Waals surface area contributed by atoms with E-state index in [4.69, 9.17) is 4.74 Å². The molecule has 0 aliphatic heterocycles. The molecule has 0 aliphatic carbocycles. The minimum absolute atomic E-state index is 0.0123. The number of methoxy groups -OCH3 is 1. The van der Waals surface area contributed by atoms with E-state index in [1.165, 1.54) is 26.2 Å². The molecular formula is C12H13FO4. The van der Waals surface area contributed by atoms with E-state index in [0.29, 0.717) is 0 Å². The van der Waals surface area contributed by atoms with Gasteiger partial charge >= 0.3 is 5.97 Å². The van der Waals surface area contributed by atoms with Gasteiger partial charge in [-0.05, 0) is 31.5 Å². The number of carbonyl (C=O) groups is 2. The number of hydrogen-bond acceptors (Lipinski definition) is 4. The van der Waals surface area contributed by atoms with Gasteiger partial charge in [0.05, 0.1) is 13.7 Å². The van der Waals surface area contributed by atoms with Crippen molar-refractivity contribution in [2.24, 2.45) is 0 Å². The Morgan fingerprint density at radius 3 is 2.53 bits per heavy atom. The van der Waals surface area contributed by atoms with Crippen molar-refractivity contribution in [1.82, 2.24) is 0 Å². The van der Waals surface area contributed by atoms with E-state index < -0.39 is 17.6 Å². The van der Waals surface area contributed by atoms with Crippen molar-refractivity contribution in [3.05, 3.63) is 29.1 Å². The van der Waals surface area contributed by atoms with Crippen LogP contribution in [0.4, 0.5) is 4.39 Å². The highest BCUT2D eigenvalue weighted by molar-refractivity contribution is 6.41. The SMILES string of the molecule is CCOC(=O)C(=O)c1ccc(OC)c(F)c1C. The average Bonchev–Trinajstić information content (AvgIpc) is 2.32. The van der Waals surface area contributed by atoms with E-state index in [1.807, 2.05) is 0 Å². The van der Waals surface area contributed by atoms with Crippen LogP contribution >= 0.6 is 0 Å². The maximum atomic E-state index is 13.6. The Morgan fingerprint density at radius 2 is 2.00 bits per heavy atom. The van der Waals surface area contributed by atoms with Crippen LogP contribution in [-0.2, 0) is 9.53 Å². The number of ether oxygens (including phenoxy) is 2. The quantitative estimate of drug-likeness (QED) is 0.458. The minimum Gasteiger partial charge on any atom is -0.494 e. The van der Waals surface area contributed by atoms with Crippen LogP contribution in [0.15, 0.2) is 12.1 Å². The molecule has 0 bridgehead atoms. The lowest BCUT2D eigenvalue weighted by atomic mass is 10.0. The lowest BCUT2D eigenvalue weighted by molar-refractivity contribution is -0.137. The van der Waals surface area contributed by atoms with Crippen molar-refractivity contribution in [3.8, 4) is 5.75 Å². The number of hydrogen-bond donors (Lipinski definition) is 0. The van der Waals surface area contributed by atoms with Crippen molar-refractivity contribution < 1.29 is 23.5 Å². The minimum atomic E-state index is -0.986. The number of rotatable bonds is 4. The fraction of sp³-hybridized carbons (Fsp3) is 0.333. The summed E-state index contributed by atoms with van der Waals surface area (Å²) in [6.45, 7) is 3.10. The number of benzene rings is 1. The molecule has 0 fully saturated rings. The molecule has 0 saturated heterocycles. The normalized spacial score (nSPS) is 9.88. The zero-order valence-corrected chi connectivity index (χ0v) is 9.87. The molecule has 0 heterocycles. The first-order valence-electron chi connectivity index (χ1n) is 5.07. The lowest BCUT2D eigenvalue weighted by Crippen LogP contribution is -2.19. The predicted octanol–water partition coefficient (Wildman–Crippen LogP) is 1.89. The van der Waals surface area contributed by atoms with Crippen LogP contribution < -0.4 is 4.74 Å². The Kier molecular flexibility index (Phi) is 4.20. The molecule has 92 valence electrons. The number of carbonyl (C=O) groups excluding carboxylic acids is 2. The fourth-order valence-corrected chi connectivity index (χ4v) is 1.37. The molecule has 0 N–H and O–H groups in total. The molecular weight excluding hydrogens is 227 g/mol. The standard InChI is InChI=1S/C12H13FO4/c1-4-17-12(15)11(14)8-5-6-9(16-3)10(13)7(8)2/h5-6H,4H2,1-3H3. The van der Waals surface area contributed by atoms with Crippen LogP contribution in [-0.4, -0.2) is 25.5 Å². The zero-order valence-electron chi connectivity index (χ0n) is 9.87. The van der Waals surface area contributed by atoms with Crippen LogP contribution in [0.2, 0.25) is 0 Å². The highest BCUT2D eigenvalue weighted by atomic mass is 19.1. The van der Waals surface area contributed by atoms with Gasteiger partial charge in [0.25, 0.3) is 5.78 Å². The summed E-state index contributed by atoms with van der Waals surface area (Å²) in [4.78, 5) is 22.9. The highest BCUT2D eigenvalue weighted by Gasteiger charge is 2.22. The molecule has 0 aliphatic rings. The van der Waals surface area contributed by atoms with E-state index in [9.17, 15) is 14.0 Å². The third-order valence-corrected chi connectivity index (χ3v) is 2.28. The van der Waals surface area contributed by atoms with Crippen LogP contribution in [0.1, 0.15) is 22.8 Å². The topological polar surface area (TPSA) is 52.6 Å². The molecule has 1 rings (SSSR count). The molecule has 0 atom stereocenters. The van der Waals surface area contributed by atoms with Gasteiger partial charge in [0.2, 0.25) is 0 Å². The summed E-state index contributed by atoms with van der Waals surface area (Å²) in [5, 5.41) is 0. The summed E-state index contributed by atoms with van der Waals surface area (Å²) < 4.78 is 23.0. The molecule has 0 unspecified atom stereocenters. The first kappa shape index (κ1) is 13.2. The van der Waals surface area contributed by atoms with Gasteiger partial charge in [0.1, 0.15) is 0 Å². The van der Waals surface area contributed by atoms with E-state index in [0.717, 1.165) is 0 Å². The Morgan fingerprint density at radius 1 is 1.35 bits per heavy atom. The van der Waals surface area contributed by atoms with Gasteiger partial charge in [-0.15, -0.1) is 0 Å². The van der Waals surface area contributed by atoms with Crippen molar-refractivity contribution in [2.75, 3.05) is 13.7 Å². The molecule has 1 aromatic rings. The van der Waals surface area contributed by atoms with Crippen LogP contribution in [0.25, 0.3) is 0 Å². The van der Waals surface area contributed by atoms with Crippen molar-refractivity contribution in [2.45, 2.75) is 13.8 Å². The largest absolute Gasteiger partial charge is 0.494 e. The maximum Gasteiger partial charge on any atom is 0.379 e. The summed E-state index contributed by atoms with van der Waals surface area (Å²) in [6, 6.07) is 2.64. The molecule has 5 heteroatoms. The van der Waals surface area contributed by atoms with Gasteiger partial charge in [-0.1, -0.05) is 0 Å². The van der Waals surface area contributed by atoms with Gasteiger partial charge in [-0.2, -0.15) is 0 Å². The van der Waals surface area contributed by atoms with Gasteiger partial charge in [0, 0.05) is 5.56 Å². The first-order chi connectivity index (χ1) is 8.02. The van der Waals surface area contributed by atoms with Crippen LogP contribution in [0.5, 0.6) is 5.75 Å². The van der Waals surface area contributed by atoms with E-state index >= 15 is 0 Å². The van der Waals surface area contributed by atoms with E-state index in [-0.39, 0.29) is 23.5 Å². The summed E-state index contributed by atoms with van der Waals surface area (Å²) in [7, 11) is 1.32. The van der Waals surface area contributed by atoms with Crippen molar-refractivity contribution in [3.63, 3.8) is 0 Å². The van der Waals surface area contributed by atoms with Crippen molar-refractivity contribution in [1.29, 1.82) is 0 Å². The molecule has 17 heavy (non-hydrogen) atoms. The molecule has 0 amide bonds. The molecule has 0 saturated carbocycles. The second-order valence-electron chi connectivity index (χ2n) is 3.30. The van der Waals surface area contributed by atoms with Gasteiger partial charge in [0.15, 0.2) is 11.6 Å². The maximum absolute atomic E-state index is 13.6. The van der Waals surface area contributed by atoms with Crippen molar-refractivity contribution >= 4 is 11.8 Å². The first-order valence-corrected chi connectivity index (χ1v) is 5.07. The summed E-state index contributed by atoms with van der Waals surface area (Å²) in [5.74, 6) is -2.46. The van der Waals surface area contributed by atoms with Crippen LogP contribution in [0, 0.1) is 12.7 Å². The smallest absolute Gasteiger partial charge is 0.379 e. The molecule has 0 aromatic heterocycles. The number of esters is 1. The number of halogens is 1. The van der Waals surface area contributed by atoms with Crippen LogP contribution in [0.3, 0.4) is 0 Å². The zero-order chi connectivity index (χ0) is 13.0. The summed E-state index contributed by atoms with van der Waals surface area (Å²) in [6.07, 6.45) is 0. The Labute approximate surface area is 98.3 Å². The van der Waals surface area contributed by atoms with E-state index in [2.05, 4.69) is 4.74 Å². The van der Waals surface area contributed by atoms with Gasteiger partial charge in [-0.3, -0.25) is 4.79 Å². The highest BCUT2D eigenvalue weighted by Crippen LogP contribution is 2.23. The number of ketones is 1. The third-order valence-electron chi connectivity index (χ3n) is 2.28. The second-order valence-corrected chi connectivity index (χ2v) is 3.30. The molecule has 0 radical (unpaired) electrons. The lowest BCUT2D eigenvalue weighted by Gasteiger charge is -2.08. The Balaban J connectivity index is 3.12. The van der Waals surface area contributed by atoms with Gasteiger partial charge < -0.3 is 9.47 Å². The van der Waals surface area contributed by atoms with E-state index in [1.54, 1.807) is 6.92 Å². The number of Topliss-reactive ketones (excluding diaryl/α,β-unsaturated/α-hetero) is 1. The second kappa shape index (κ2) is 5.43. The summed E-state index contributed by atoms with van der Waals surface area (Å²) >= 11 is 0. The third kappa shape index (κ3) is 2.61. The Bertz CT molecular complexity index is 454. The molecule has 1 aromatic carbocycles. The fourth-order valence-electron chi connectivity index (χ4n) is 1.37. The Hall–Kier alpha value is -1.91. The monoisotopic (exact) mass is 240 g/mol. The molecule has 4 nitrogen and oxygen atoms in total.